The summed E-state index contributed by atoms with van der Waals surface area (Å²) in [5.41, 5.74) is 0. The number of aliphatic hydroxyl groups excluding tert-OH is 9. The van der Waals surface area contributed by atoms with Gasteiger partial charge in [0.2, 0.25) is 0 Å². The van der Waals surface area contributed by atoms with Gasteiger partial charge >= 0.3 is 35.8 Å². The molecule has 0 amide bonds. The van der Waals surface area contributed by atoms with Crippen molar-refractivity contribution in [3.8, 4) is 0 Å². The Hall–Kier alpha value is -5.22. The average molecular weight is 2130 g/mol. The van der Waals surface area contributed by atoms with Gasteiger partial charge in [-0.05, 0) is 193 Å². The summed E-state index contributed by atoms with van der Waals surface area (Å²) in [4.78, 5) is 69.7. The monoisotopic (exact) mass is 2130 g/mol. The predicted molar refractivity (Wildman–Crippen MR) is 616 cm³/mol. The first kappa shape index (κ1) is 149. The Morgan fingerprint density at radius 3 is 0.627 bits per heavy atom. The Morgan fingerprint density at radius 2 is 0.427 bits per heavy atom. The maximum absolute atomic E-state index is 13.1. The first-order valence-corrected chi connectivity index (χ1v) is 62.0. The van der Waals surface area contributed by atoms with E-state index in [1.54, 1.807) is 0 Å². The number of carbonyl (C=O) groups excluding carboxylic acids is 3. The number of carboxylic acids is 3. The molecule has 12 N–H and O–H groups in total. The van der Waals surface area contributed by atoms with Gasteiger partial charge in [-0.2, -0.15) is 0 Å². The summed E-state index contributed by atoms with van der Waals surface area (Å²) >= 11 is 0. The van der Waals surface area contributed by atoms with Crippen molar-refractivity contribution < 1.29 is 118 Å². The standard InChI is InChI=1S/C60H108O8.3C18H34O2.2C6H12O5/c1-4-7-10-13-16-19-22-25-28-31-34-37-40-43-46-49-56(62)65-52-54(61)59-60(68-58(64)51-48-45-42-39-36-33-30-27-24-21-18-15-12-9-6-3)55(53-66-59)67-57(63)50-47-44-41-38-35-32-29-26-23-20-17-14-11-8-5-2;3*1-2-3-4-5-6-7-8-9-10-11-12-13-14-15-16-17-18(19)20;2*7-1-3(8)6-5(10)4(9)2-11-6/h25-30,54-55,59-61H,4-24,31-53H2,1-3H3;3*9-10H,2-8,11-17H2,1H3,(H,19,20);2*3-10H,1-2H2/b28-25-,29-26-,30-27-;3*10-9-;;/t54-,55+,59-,60-;;;;2*3-,4+,5-,6-/m1...11/s1. The number of rotatable bonds is 99. The lowest BCUT2D eigenvalue weighted by Crippen LogP contribution is -2.45. The predicted octanol–water partition coefficient (Wildman–Crippen LogP) is 30.5. The lowest BCUT2D eigenvalue weighted by molar-refractivity contribution is -0.170. The highest BCUT2D eigenvalue weighted by Gasteiger charge is 2.47. The summed E-state index contributed by atoms with van der Waals surface area (Å²) in [6.45, 7) is 12.3. The molecule has 0 aliphatic carbocycles. The molecule has 0 unspecified atom stereocenters. The molecule has 0 aromatic heterocycles. The molecule has 0 radical (unpaired) electrons. The summed E-state index contributed by atoms with van der Waals surface area (Å²) < 4.78 is 32.8. The van der Waals surface area contributed by atoms with Gasteiger partial charge in [0.25, 0.3) is 0 Å². The highest BCUT2D eigenvalue weighted by Crippen LogP contribution is 2.28. The summed E-state index contributed by atoms with van der Waals surface area (Å²) in [5.74, 6) is -3.10. The molecule has 0 aromatic rings. The number of carbonyl (C=O) groups is 6. The first-order valence-electron chi connectivity index (χ1n) is 62.0. The van der Waals surface area contributed by atoms with E-state index in [2.05, 4.69) is 114 Å². The number of unbranched alkanes of at least 4 members (excludes halogenated alkanes) is 66. The minimum Gasteiger partial charge on any atom is -0.481 e. The minimum absolute atomic E-state index is 0.00287. The van der Waals surface area contributed by atoms with Crippen LogP contribution < -0.4 is 0 Å². The molecule has 3 aliphatic heterocycles. The van der Waals surface area contributed by atoms with Crippen molar-refractivity contribution in [1.82, 2.24) is 0 Å². The molecule has 0 saturated carbocycles. The lowest BCUT2D eigenvalue weighted by atomic mass is 10.1. The largest absolute Gasteiger partial charge is 0.481 e. The fraction of sp³-hybridized carbons (Fsp3) is 0.857. The van der Waals surface area contributed by atoms with Crippen molar-refractivity contribution in [2.75, 3.05) is 39.6 Å². The summed E-state index contributed by atoms with van der Waals surface area (Å²) in [6.07, 6.45) is 112. The van der Waals surface area contributed by atoms with Gasteiger partial charge in [0, 0.05) is 38.5 Å². The second-order valence-corrected chi connectivity index (χ2v) is 42.4. The highest BCUT2D eigenvalue weighted by molar-refractivity contribution is 5.71. The van der Waals surface area contributed by atoms with Crippen molar-refractivity contribution in [2.24, 2.45) is 0 Å². The van der Waals surface area contributed by atoms with Gasteiger partial charge in [-0.25, -0.2) is 0 Å². The molecule has 3 saturated heterocycles. The van der Waals surface area contributed by atoms with E-state index >= 15 is 0 Å². The maximum atomic E-state index is 13.1. The number of carboxylic acid groups (broad SMARTS) is 3. The van der Waals surface area contributed by atoms with Crippen LogP contribution in [0.15, 0.2) is 72.9 Å². The van der Waals surface area contributed by atoms with Gasteiger partial charge in [-0.1, -0.05) is 423 Å². The fourth-order valence-electron chi connectivity index (χ4n) is 18.2. The van der Waals surface area contributed by atoms with E-state index in [4.69, 9.17) is 84.6 Å². The van der Waals surface area contributed by atoms with Crippen LogP contribution in [0.25, 0.3) is 0 Å². The van der Waals surface area contributed by atoms with Crippen molar-refractivity contribution in [2.45, 2.75) is 654 Å². The normalized spacial score (nSPS) is 18.1. The molecule has 24 nitrogen and oxygen atoms in total. The van der Waals surface area contributed by atoms with E-state index in [-0.39, 0.29) is 51.2 Å². The van der Waals surface area contributed by atoms with Gasteiger partial charge in [-0.3, -0.25) is 28.8 Å². The summed E-state index contributed by atoms with van der Waals surface area (Å²) in [5, 5.41) is 108. The van der Waals surface area contributed by atoms with Crippen LogP contribution in [-0.4, -0.2) is 210 Å². The Morgan fingerprint density at radius 1 is 0.240 bits per heavy atom. The molecule has 3 heterocycles. The Bertz CT molecular complexity index is 2920. The molecule has 150 heavy (non-hydrogen) atoms. The third-order valence-electron chi connectivity index (χ3n) is 27.9. The fourth-order valence-corrected chi connectivity index (χ4v) is 18.2. The topological polar surface area (TPSA) is 401 Å². The molecular weight excluding hydrogens is 1900 g/mol. The van der Waals surface area contributed by atoms with Crippen LogP contribution in [0.3, 0.4) is 0 Å². The second kappa shape index (κ2) is 119. The van der Waals surface area contributed by atoms with Gasteiger partial charge in [0.1, 0.15) is 67.6 Å². The number of hydrogen-bond donors (Lipinski definition) is 12. The SMILES string of the molecule is CCCCCCCC/C=C\CCCCCCCC(=O)O.CCCCCCCC/C=C\CCCCCCCC(=O)O.CCCCCCCC/C=C\CCCCCCCC(=O)O.CCCCCCCC/C=C\CCCCCCCC(=O)OC[C@@H](O)[C@H]1OC[C@H](OC(=O)CCCCCCC/C=C\CCCCCCCC)[C@H]1OC(=O)CCCCCCC/C=C\CCCCCCCC.OC[C@@H](O)[C@H]1OC[C@H](O)[C@H]1O.OC[C@@H](O)[C@H]1OC[C@H](O)[C@H]1O. The van der Waals surface area contributed by atoms with Crippen LogP contribution in [-0.2, 0) is 57.2 Å². The zero-order valence-electron chi connectivity index (χ0n) is 96.8. The van der Waals surface area contributed by atoms with E-state index in [1.807, 2.05) is 0 Å². The van der Waals surface area contributed by atoms with Crippen molar-refractivity contribution in [1.29, 1.82) is 0 Å². The number of esters is 3. The molecule has 0 bridgehead atoms. The molecule has 24 heteroatoms. The highest BCUT2D eigenvalue weighted by atomic mass is 16.6. The third-order valence-corrected chi connectivity index (χ3v) is 27.9. The van der Waals surface area contributed by atoms with E-state index in [9.17, 15) is 33.9 Å². The Labute approximate surface area is 915 Å². The smallest absolute Gasteiger partial charge is 0.306 e. The molecule has 12 atom stereocenters. The number of allylic oxidation sites excluding steroid dienone is 12. The Balaban J connectivity index is -0.00000210. The van der Waals surface area contributed by atoms with E-state index in [0.29, 0.717) is 32.1 Å². The second-order valence-electron chi connectivity index (χ2n) is 42.4. The molecule has 882 valence electrons. The third kappa shape index (κ3) is 106. The maximum Gasteiger partial charge on any atom is 0.306 e. The van der Waals surface area contributed by atoms with E-state index < -0.39 is 110 Å². The van der Waals surface area contributed by atoms with Crippen molar-refractivity contribution in [3.05, 3.63) is 72.9 Å². The number of hydrogen-bond acceptors (Lipinski definition) is 21. The summed E-state index contributed by atoms with van der Waals surface area (Å²) in [6, 6.07) is 0. The van der Waals surface area contributed by atoms with Crippen LogP contribution in [0.4, 0.5) is 0 Å². The first-order chi connectivity index (χ1) is 73.1. The molecule has 0 aromatic carbocycles. The molecule has 3 aliphatic rings. The van der Waals surface area contributed by atoms with Crippen LogP contribution in [0, 0.1) is 0 Å². The molecular formula is C126H234O24. The number of aliphatic hydroxyl groups is 9. The van der Waals surface area contributed by atoms with E-state index in [0.717, 1.165) is 141 Å². The van der Waals surface area contributed by atoms with Crippen LogP contribution in [0.1, 0.15) is 581 Å². The van der Waals surface area contributed by atoms with Gasteiger partial charge in [-0.15, -0.1) is 0 Å². The van der Waals surface area contributed by atoms with Crippen LogP contribution >= 0.6 is 0 Å². The molecule has 3 fully saturated rings. The number of ether oxygens (including phenoxy) is 6. The molecule has 0 spiro atoms. The van der Waals surface area contributed by atoms with Crippen LogP contribution in [0.2, 0.25) is 0 Å². The minimum atomic E-state index is -1.22. The average Bonchev–Trinajstić information content (AvgIpc) is 1.67. The van der Waals surface area contributed by atoms with Gasteiger partial charge < -0.3 is 89.7 Å². The van der Waals surface area contributed by atoms with Gasteiger partial charge in [0.15, 0.2) is 12.2 Å². The van der Waals surface area contributed by atoms with Gasteiger partial charge in [0.05, 0.1) is 33.0 Å². The van der Waals surface area contributed by atoms with Crippen LogP contribution in [0.5, 0.6) is 0 Å². The van der Waals surface area contributed by atoms with E-state index in [1.165, 1.54) is 353 Å². The number of aliphatic carboxylic acids is 3. The zero-order chi connectivity index (χ0) is 111. The van der Waals surface area contributed by atoms with Crippen molar-refractivity contribution >= 4 is 35.8 Å². The quantitative estimate of drug-likeness (QED) is 0.0116. The zero-order valence-corrected chi connectivity index (χ0v) is 96.8. The lowest BCUT2D eigenvalue weighted by Gasteiger charge is -2.26. The molecule has 3 rings (SSSR count). The van der Waals surface area contributed by atoms with Crippen molar-refractivity contribution in [3.63, 3.8) is 0 Å². The Kier molecular flexibility index (Phi) is 118. The summed E-state index contributed by atoms with van der Waals surface area (Å²) in [7, 11) is 0.